The van der Waals surface area contributed by atoms with Crippen molar-refractivity contribution in [3.05, 3.63) is 29.3 Å². The topological polar surface area (TPSA) is 21.3 Å². The predicted octanol–water partition coefficient (Wildman–Crippen LogP) is 2.61. The molecule has 2 aliphatic rings. The van der Waals surface area contributed by atoms with Crippen molar-refractivity contribution in [2.24, 2.45) is 0 Å². The number of fused-ring (bicyclic) bond motifs is 1. The fourth-order valence-electron chi connectivity index (χ4n) is 2.58. The number of rotatable bonds is 2. The summed E-state index contributed by atoms with van der Waals surface area (Å²) in [5.74, 6) is 3.56. The van der Waals surface area contributed by atoms with E-state index in [0.29, 0.717) is 6.10 Å². The molecule has 1 unspecified atom stereocenters. The molecule has 1 aromatic rings. The van der Waals surface area contributed by atoms with Gasteiger partial charge in [-0.15, -0.1) is 0 Å². The second-order valence-electron chi connectivity index (χ2n) is 4.78. The van der Waals surface area contributed by atoms with Gasteiger partial charge in [-0.25, -0.2) is 0 Å². The summed E-state index contributed by atoms with van der Waals surface area (Å²) in [6, 6.07) is 6.50. The van der Waals surface area contributed by atoms with E-state index in [1.807, 2.05) is 11.8 Å². The molecule has 0 saturated carbocycles. The molecule has 0 aromatic heterocycles. The molecule has 17 heavy (non-hydrogen) atoms. The van der Waals surface area contributed by atoms with Crippen LogP contribution in [-0.4, -0.2) is 24.2 Å². The Labute approximate surface area is 107 Å². The Morgan fingerprint density at radius 3 is 3.24 bits per heavy atom. The number of thioether (sulfide) groups is 1. The van der Waals surface area contributed by atoms with Gasteiger partial charge in [0.2, 0.25) is 0 Å². The van der Waals surface area contributed by atoms with Crippen LogP contribution in [0, 0.1) is 0 Å². The van der Waals surface area contributed by atoms with Crippen LogP contribution in [0.15, 0.2) is 18.2 Å². The lowest BCUT2D eigenvalue weighted by atomic mass is 10.0. The Bertz CT molecular complexity index is 388. The molecule has 1 atom stereocenters. The standard InChI is InChI=1S/C14H19NOS/c1-3-11-6-7-15-9-13(11)14(5-1)16-12-4-2-8-17-10-12/h1,3,5,12,15H,2,4,6-10H2. The first-order valence-electron chi connectivity index (χ1n) is 6.49. The minimum atomic E-state index is 0.419. The molecule has 0 spiro atoms. The summed E-state index contributed by atoms with van der Waals surface area (Å²) in [4.78, 5) is 0. The summed E-state index contributed by atoms with van der Waals surface area (Å²) < 4.78 is 6.19. The average molecular weight is 249 g/mol. The largest absolute Gasteiger partial charge is 0.489 e. The van der Waals surface area contributed by atoms with Crippen LogP contribution in [0.5, 0.6) is 5.75 Å². The average Bonchev–Trinajstić information content (AvgIpc) is 2.40. The molecule has 0 amide bonds. The van der Waals surface area contributed by atoms with Crippen LogP contribution in [0.25, 0.3) is 0 Å². The highest BCUT2D eigenvalue weighted by atomic mass is 32.2. The van der Waals surface area contributed by atoms with E-state index in [1.165, 1.54) is 29.7 Å². The predicted molar refractivity (Wildman–Crippen MR) is 72.8 cm³/mol. The van der Waals surface area contributed by atoms with E-state index in [4.69, 9.17) is 4.74 Å². The molecule has 1 saturated heterocycles. The van der Waals surface area contributed by atoms with E-state index in [9.17, 15) is 0 Å². The minimum Gasteiger partial charge on any atom is -0.489 e. The van der Waals surface area contributed by atoms with Crippen molar-refractivity contribution >= 4 is 11.8 Å². The van der Waals surface area contributed by atoms with E-state index in [2.05, 4.69) is 23.5 Å². The van der Waals surface area contributed by atoms with Crippen LogP contribution in [0.3, 0.4) is 0 Å². The van der Waals surface area contributed by atoms with E-state index in [-0.39, 0.29) is 0 Å². The van der Waals surface area contributed by atoms with Gasteiger partial charge in [-0.05, 0) is 43.2 Å². The van der Waals surface area contributed by atoms with Crippen molar-refractivity contribution in [3.63, 3.8) is 0 Å². The van der Waals surface area contributed by atoms with Gasteiger partial charge < -0.3 is 10.1 Å². The Morgan fingerprint density at radius 2 is 2.35 bits per heavy atom. The zero-order valence-electron chi connectivity index (χ0n) is 10.1. The highest BCUT2D eigenvalue weighted by Gasteiger charge is 2.19. The molecule has 1 N–H and O–H groups in total. The maximum atomic E-state index is 6.19. The Kier molecular flexibility index (Phi) is 3.57. The number of hydrogen-bond acceptors (Lipinski definition) is 3. The second-order valence-corrected chi connectivity index (χ2v) is 5.93. The van der Waals surface area contributed by atoms with Crippen LogP contribution in [0.4, 0.5) is 0 Å². The summed E-state index contributed by atoms with van der Waals surface area (Å²) >= 11 is 2.02. The highest BCUT2D eigenvalue weighted by molar-refractivity contribution is 7.99. The van der Waals surface area contributed by atoms with Crippen LogP contribution >= 0.6 is 11.8 Å². The summed E-state index contributed by atoms with van der Waals surface area (Å²) in [7, 11) is 0. The van der Waals surface area contributed by atoms with Crippen molar-refractivity contribution in [1.29, 1.82) is 0 Å². The zero-order chi connectivity index (χ0) is 11.5. The van der Waals surface area contributed by atoms with Crippen LogP contribution in [0.1, 0.15) is 24.0 Å². The molecule has 3 heteroatoms. The molecular weight excluding hydrogens is 230 g/mol. The summed E-state index contributed by atoms with van der Waals surface area (Å²) in [6.45, 7) is 2.06. The third kappa shape index (κ3) is 2.61. The number of hydrogen-bond donors (Lipinski definition) is 1. The molecule has 2 aliphatic heterocycles. The maximum absolute atomic E-state index is 6.19. The third-order valence-electron chi connectivity index (χ3n) is 3.52. The first-order valence-corrected chi connectivity index (χ1v) is 7.65. The van der Waals surface area contributed by atoms with Gasteiger partial charge in [0.05, 0.1) is 0 Å². The number of benzene rings is 1. The van der Waals surface area contributed by atoms with Gasteiger partial charge in [0.1, 0.15) is 11.9 Å². The first-order chi connectivity index (χ1) is 8.43. The molecule has 0 aliphatic carbocycles. The lowest BCUT2D eigenvalue weighted by Gasteiger charge is -2.26. The van der Waals surface area contributed by atoms with Crippen molar-refractivity contribution in [2.45, 2.75) is 31.9 Å². The normalized spacial score (nSPS) is 24.1. The molecule has 1 aromatic carbocycles. The van der Waals surface area contributed by atoms with Gasteiger partial charge in [-0.2, -0.15) is 11.8 Å². The summed E-state index contributed by atoms with van der Waals surface area (Å²) in [6.07, 6.45) is 4.06. The van der Waals surface area contributed by atoms with Crippen molar-refractivity contribution in [3.8, 4) is 5.75 Å². The molecule has 3 rings (SSSR count). The van der Waals surface area contributed by atoms with Crippen LogP contribution in [-0.2, 0) is 13.0 Å². The Balaban J connectivity index is 1.77. The molecule has 1 fully saturated rings. The van der Waals surface area contributed by atoms with Gasteiger partial charge in [-0.3, -0.25) is 0 Å². The Hall–Kier alpha value is -0.670. The molecule has 92 valence electrons. The summed E-state index contributed by atoms with van der Waals surface area (Å²) in [5, 5.41) is 3.43. The van der Waals surface area contributed by atoms with E-state index in [1.54, 1.807) is 0 Å². The lowest BCUT2D eigenvalue weighted by molar-refractivity contribution is 0.208. The second kappa shape index (κ2) is 5.32. The molecule has 0 bridgehead atoms. The lowest BCUT2D eigenvalue weighted by Crippen LogP contribution is -2.27. The van der Waals surface area contributed by atoms with Gasteiger partial charge in [0.15, 0.2) is 0 Å². The van der Waals surface area contributed by atoms with Crippen molar-refractivity contribution in [2.75, 3.05) is 18.1 Å². The van der Waals surface area contributed by atoms with Gasteiger partial charge in [-0.1, -0.05) is 12.1 Å². The van der Waals surface area contributed by atoms with Crippen molar-refractivity contribution in [1.82, 2.24) is 5.32 Å². The zero-order valence-corrected chi connectivity index (χ0v) is 10.9. The third-order valence-corrected chi connectivity index (χ3v) is 4.70. The Morgan fingerprint density at radius 1 is 1.35 bits per heavy atom. The van der Waals surface area contributed by atoms with E-state index < -0.39 is 0 Å². The van der Waals surface area contributed by atoms with Crippen molar-refractivity contribution < 1.29 is 4.74 Å². The highest BCUT2D eigenvalue weighted by Crippen LogP contribution is 2.28. The maximum Gasteiger partial charge on any atom is 0.124 e. The monoisotopic (exact) mass is 249 g/mol. The first kappa shape index (κ1) is 11.4. The fourth-order valence-corrected chi connectivity index (χ4v) is 3.61. The van der Waals surface area contributed by atoms with Gasteiger partial charge in [0.25, 0.3) is 0 Å². The summed E-state index contributed by atoms with van der Waals surface area (Å²) in [5.41, 5.74) is 2.85. The quantitative estimate of drug-likeness (QED) is 0.870. The van der Waals surface area contributed by atoms with E-state index in [0.717, 1.165) is 31.0 Å². The van der Waals surface area contributed by atoms with Gasteiger partial charge in [0, 0.05) is 17.9 Å². The van der Waals surface area contributed by atoms with Gasteiger partial charge >= 0.3 is 0 Å². The van der Waals surface area contributed by atoms with Crippen LogP contribution in [0.2, 0.25) is 0 Å². The molecule has 0 radical (unpaired) electrons. The SMILES string of the molecule is c1cc2c(c(OC3CCCSC3)c1)CNCC2. The van der Waals surface area contributed by atoms with Crippen LogP contribution < -0.4 is 10.1 Å². The fraction of sp³-hybridized carbons (Fsp3) is 0.571. The molecule has 2 nitrogen and oxygen atoms in total. The number of ether oxygens (including phenoxy) is 1. The smallest absolute Gasteiger partial charge is 0.124 e. The number of nitrogens with one attached hydrogen (secondary N) is 1. The molecule has 2 heterocycles. The molecular formula is C14H19NOS. The van der Waals surface area contributed by atoms with E-state index >= 15 is 0 Å². The minimum absolute atomic E-state index is 0.419.